The van der Waals surface area contributed by atoms with Gasteiger partial charge in [0.15, 0.2) is 5.13 Å². The Morgan fingerprint density at radius 1 is 1.10 bits per heavy atom. The van der Waals surface area contributed by atoms with E-state index < -0.39 is 0 Å². The molecule has 0 bridgehead atoms. The van der Waals surface area contributed by atoms with Crippen molar-refractivity contribution in [2.75, 3.05) is 17.7 Å². The first-order valence-electron chi connectivity index (χ1n) is 9.75. The van der Waals surface area contributed by atoms with E-state index in [2.05, 4.69) is 41.5 Å². The highest BCUT2D eigenvalue weighted by atomic mass is 32.2. The summed E-state index contributed by atoms with van der Waals surface area (Å²) in [5, 5.41) is 3.60. The predicted octanol–water partition coefficient (Wildman–Crippen LogP) is 6.34. The average Bonchev–Trinajstić information content (AvgIpc) is 3.07. The van der Waals surface area contributed by atoms with Crippen molar-refractivity contribution >= 4 is 34.1 Å². The van der Waals surface area contributed by atoms with Gasteiger partial charge in [0.25, 0.3) is 0 Å². The molecule has 1 heterocycles. The quantitative estimate of drug-likeness (QED) is 0.320. The van der Waals surface area contributed by atoms with E-state index >= 15 is 0 Å². The highest BCUT2D eigenvalue weighted by Crippen LogP contribution is 2.31. The fraction of sp³-hybridized carbons (Fsp3) is 0.304. The molecule has 0 aliphatic carbocycles. The summed E-state index contributed by atoms with van der Waals surface area (Å²) in [6, 6.07) is 16.4. The van der Waals surface area contributed by atoms with Gasteiger partial charge in [0.05, 0.1) is 12.3 Å². The van der Waals surface area contributed by atoms with Crippen molar-refractivity contribution < 1.29 is 9.53 Å². The summed E-state index contributed by atoms with van der Waals surface area (Å²) in [4.78, 5) is 19.2. The number of anilines is 1. The number of nitrogens with one attached hydrogen (secondary N) is 1. The molecule has 0 spiro atoms. The molecule has 0 aliphatic rings. The Bertz CT molecular complexity index is 935. The summed E-state index contributed by atoms with van der Waals surface area (Å²) in [5.41, 5.74) is 3.19. The number of aryl methyl sites for hydroxylation is 2. The van der Waals surface area contributed by atoms with Gasteiger partial charge in [-0.05, 0) is 69.3 Å². The molecular formula is C23H26N2O2S2. The van der Waals surface area contributed by atoms with Crippen LogP contribution in [0.15, 0.2) is 53.4 Å². The van der Waals surface area contributed by atoms with Gasteiger partial charge in [-0.25, -0.2) is 4.98 Å². The minimum absolute atomic E-state index is 0.0153. The third-order valence-corrected chi connectivity index (χ3v) is 6.30. The minimum Gasteiger partial charge on any atom is -0.494 e. The fourth-order valence-corrected chi connectivity index (χ4v) is 4.54. The van der Waals surface area contributed by atoms with Gasteiger partial charge in [0.1, 0.15) is 5.75 Å². The molecule has 6 heteroatoms. The normalized spacial score (nSPS) is 10.7. The lowest BCUT2D eigenvalue weighted by molar-refractivity contribution is -0.116. The minimum atomic E-state index is 0.0153. The molecule has 0 atom stereocenters. The van der Waals surface area contributed by atoms with Gasteiger partial charge in [0.2, 0.25) is 5.91 Å². The van der Waals surface area contributed by atoms with Crippen molar-refractivity contribution in [1.29, 1.82) is 0 Å². The van der Waals surface area contributed by atoms with Crippen LogP contribution in [-0.4, -0.2) is 23.3 Å². The molecule has 2 aromatic carbocycles. The van der Waals surface area contributed by atoms with E-state index in [9.17, 15) is 4.79 Å². The molecule has 1 N–H and O–H groups in total. The topological polar surface area (TPSA) is 51.2 Å². The lowest BCUT2D eigenvalue weighted by Gasteiger charge is -2.04. The number of ether oxygens (including phenoxy) is 1. The van der Waals surface area contributed by atoms with Crippen molar-refractivity contribution in [1.82, 2.24) is 4.98 Å². The van der Waals surface area contributed by atoms with Crippen LogP contribution in [-0.2, 0) is 4.79 Å². The van der Waals surface area contributed by atoms with Gasteiger partial charge < -0.3 is 10.1 Å². The lowest BCUT2D eigenvalue weighted by Crippen LogP contribution is -2.11. The first-order chi connectivity index (χ1) is 14.0. The van der Waals surface area contributed by atoms with Crippen molar-refractivity contribution in [3.05, 3.63) is 59.0 Å². The highest BCUT2D eigenvalue weighted by molar-refractivity contribution is 7.99. The average molecular weight is 427 g/mol. The van der Waals surface area contributed by atoms with Crippen molar-refractivity contribution in [2.24, 2.45) is 0 Å². The number of thiazole rings is 1. The van der Waals surface area contributed by atoms with E-state index in [0.29, 0.717) is 18.2 Å². The van der Waals surface area contributed by atoms with E-state index in [4.69, 9.17) is 4.74 Å². The van der Waals surface area contributed by atoms with Crippen LogP contribution in [0.2, 0.25) is 0 Å². The molecule has 0 saturated heterocycles. The molecule has 0 saturated carbocycles. The summed E-state index contributed by atoms with van der Waals surface area (Å²) in [6.07, 6.45) is 1.33. The van der Waals surface area contributed by atoms with Crippen molar-refractivity contribution in [2.45, 2.75) is 38.5 Å². The molecule has 29 heavy (non-hydrogen) atoms. The first kappa shape index (κ1) is 21.4. The number of amides is 1. The van der Waals surface area contributed by atoms with Crippen LogP contribution in [0.4, 0.5) is 5.13 Å². The van der Waals surface area contributed by atoms with Crippen LogP contribution >= 0.6 is 23.1 Å². The number of hydrogen-bond donors (Lipinski definition) is 1. The second kappa shape index (κ2) is 10.5. The largest absolute Gasteiger partial charge is 0.494 e. The zero-order valence-corrected chi connectivity index (χ0v) is 18.7. The number of thioether (sulfide) groups is 1. The molecule has 1 aromatic heterocycles. The molecule has 3 aromatic rings. The van der Waals surface area contributed by atoms with Crippen LogP contribution in [0.5, 0.6) is 5.75 Å². The van der Waals surface area contributed by atoms with Crippen LogP contribution in [0.1, 0.15) is 30.2 Å². The van der Waals surface area contributed by atoms with E-state index in [1.807, 2.05) is 38.1 Å². The SMILES string of the molecule is CCOc1ccc(-c2nc(NC(=O)CCCSc3ccc(C)cc3)sc2C)cc1. The number of nitrogens with zero attached hydrogens (tertiary/aromatic N) is 1. The first-order valence-corrected chi connectivity index (χ1v) is 11.6. The van der Waals surface area contributed by atoms with Crippen LogP contribution in [0.3, 0.4) is 0 Å². The molecule has 1 amide bonds. The fourth-order valence-electron chi connectivity index (χ4n) is 2.83. The van der Waals surface area contributed by atoms with Crippen LogP contribution in [0, 0.1) is 13.8 Å². The number of rotatable bonds is 9. The van der Waals surface area contributed by atoms with E-state index in [1.165, 1.54) is 21.8 Å². The monoisotopic (exact) mass is 426 g/mol. The van der Waals surface area contributed by atoms with Crippen molar-refractivity contribution in [3.8, 4) is 17.0 Å². The van der Waals surface area contributed by atoms with Gasteiger partial charge in [0, 0.05) is 21.8 Å². The summed E-state index contributed by atoms with van der Waals surface area (Å²) in [7, 11) is 0. The third-order valence-electron chi connectivity index (χ3n) is 4.32. The van der Waals surface area contributed by atoms with Crippen LogP contribution in [0.25, 0.3) is 11.3 Å². The Labute approximate surface area is 180 Å². The van der Waals surface area contributed by atoms with Gasteiger partial charge in [-0.2, -0.15) is 0 Å². The van der Waals surface area contributed by atoms with E-state index in [1.54, 1.807) is 11.8 Å². The number of hydrogen-bond acceptors (Lipinski definition) is 5. The number of aromatic nitrogens is 1. The Morgan fingerprint density at radius 3 is 2.52 bits per heavy atom. The van der Waals surface area contributed by atoms with Crippen LogP contribution < -0.4 is 10.1 Å². The zero-order valence-electron chi connectivity index (χ0n) is 17.0. The maximum atomic E-state index is 12.3. The van der Waals surface area contributed by atoms with Gasteiger partial charge >= 0.3 is 0 Å². The smallest absolute Gasteiger partial charge is 0.226 e. The molecule has 0 unspecified atom stereocenters. The Morgan fingerprint density at radius 2 is 1.83 bits per heavy atom. The Kier molecular flexibility index (Phi) is 7.72. The zero-order chi connectivity index (χ0) is 20.6. The van der Waals surface area contributed by atoms with E-state index in [0.717, 1.165) is 34.1 Å². The Balaban J connectivity index is 1.49. The second-order valence-electron chi connectivity index (χ2n) is 6.69. The highest BCUT2D eigenvalue weighted by Gasteiger charge is 2.12. The maximum Gasteiger partial charge on any atom is 0.226 e. The number of benzene rings is 2. The molecule has 0 aliphatic heterocycles. The summed E-state index contributed by atoms with van der Waals surface area (Å²) in [6.45, 7) is 6.72. The maximum absolute atomic E-state index is 12.3. The van der Waals surface area contributed by atoms with Gasteiger partial charge in [-0.1, -0.05) is 17.7 Å². The molecule has 0 radical (unpaired) electrons. The third kappa shape index (κ3) is 6.34. The summed E-state index contributed by atoms with van der Waals surface area (Å²) >= 11 is 3.29. The number of carbonyl (C=O) groups is 1. The van der Waals surface area contributed by atoms with Crippen molar-refractivity contribution in [3.63, 3.8) is 0 Å². The van der Waals surface area contributed by atoms with Gasteiger partial charge in [-0.15, -0.1) is 23.1 Å². The molecule has 152 valence electrons. The number of carbonyl (C=O) groups excluding carboxylic acids is 1. The van der Waals surface area contributed by atoms with Gasteiger partial charge in [-0.3, -0.25) is 4.79 Å². The molecule has 4 nitrogen and oxygen atoms in total. The second-order valence-corrected chi connectivity index (χ2v) is 9.07. The Hall–Kier alpha value is -2.31. The summed E-state index contributed by atoms with van der Waals surface area (Å²) < 4.78 is 5.49. The predicted molar refractivity (Wildman–Crippen MR) is 123 cm³/mol. The standard InChI is InChI=1S/C23H26N2O2S2/c1-4-27-19-11-9-18(10-12-19)22-17(3)29-23(25-22)24-21(26)6-5-15-28-20-13-7-16(2)8-14-20/h7-14H,4-6,15H2,1-3H3,(H,24,25,26). The molecular weight excluding hydrogens is 400 g/mol. The molecule has 3 rings (SSSR count). The van der Waals surface area contributed by atoms with E-state index in [-0.39, 0.29) is 5.91 Å². The summed E-state index contributed by atoms with van der Waals surface area (Å²) in [5.74, 6) is 1.79. The lowest BCUT2D eigenvalue weighted by atomic mass is 10.1. The molecule has 0 fully saturated rings.